The lowest BCUT2D eigenvalue weighted by Gasteiger charge is -2.35. The number of rotatable bonds is 6. The van der Waals surface area contributed by atoms with E-state index in [2.05, 4.69) is 30.6 Å². The number of ether oxygens (including phenoxy) is 1. The molecule has 0 radical (unpaired) electrons. The van der Waals surface area contributed by atoms with Crippen molar-refractivity contribution >= 4 is 35.2 Å². The molecular weight excluding hydrogens is 400 g/mol. The largest absolute Gasteiger partial charge is 0.453 e. The summed E-state index contributed by atoms with van der Waals surface area (Å²) in [7, 11) is 1.27. The van der Waals surface area contributed by atoms with Crippen LogP contribution in [-0.2, 0) is 9.53 Å². The van der Waals surface area contributed by atoms with Crippen LogP contribution >= 0.6 is 0 Å². The molecule has 1 saturated heterocycles. The molecule has 1 fully saturated rings. The van der Waals surface area contributed by atoms with E-state index < -0.39 is 12.1 Å². The van der Waals surface area contributed by atoms with Crippen LogP contribution in [0.25, 0.3) is 0 Å². The van der Waals surface area contributed by atoms with Crippen molar-refractivity contribution in [2.24, 2.45) is 0 Å². The fourth-order valence-corrected chi connectivity index (χ4v) is 3.19. The highest BCUT2D eigenvalue weighted by Crippen LogP contribution is 2.15. The second-order valence-corrected chi connectivity index (χ2v) is 6.88. The highest BCUT2D eigenvalue weighted by molar-refractivity contribution is 5.91. The Hall–Kier alpha value is -3.82. The van der Waals surface area contributed by atoms with Crippen molar-refractivity contribution in [3.63, 3.8) is 0 Å². The number of hydrogen-bond donors (Lipinski definition) is 3. The molecule has 10 heteroatoms. The molecule has 0 unspecified atom stereocenters. The molecule has 4 amide bonds. The number of methoxy groups -OCH3 is 1. The second-order valence-electron chi connectivity index (χ2n) is 6.88. The van der Waals surface area contributed by atoms with E-state index in [1.807, 2.05) is 18.2 Å². The van der Waals surface area contributed by atoms with Crippen LogP contribution in [0.2, 0.25) is 0 Å². The van der Waals surface area contributed by atoms with E-state index in [1.165, 1.54) is 7.11 Å². The molecule has 3 N–H and O–H groups in total. The Labute approximate surface area is 180 Å². The summed E-state index contributed by atoms with van der Waals surface area (Å²) >= 11 is 0. The minimum absolute atomic E-state index is 0.00486. The van der Waals surface area contributed by atoms with Crippen molar-refractivity contribution in [2.75, 3.05) is 55.4 Å². The van der Waals surface area contributed by atoms with Crippen LogP contribution in [0.4, 0.5) is 26.8 Å². The number of carbonyl (C=O) groups excluding carboxylic acids is 3. The van der Waals surface area contributed by atoms with Crippen molar-refractivity contribution in [3.8, 4) is 0 Å². The zero-order valence-electron chi connectivity index (χ0n) is 17.3. The summed E-state index contributed by atoms with van der Waals surface area (Å²) in [4.78, 5) is 44.1. The first-order valence-electron chi connectivity index (χ1n) is 9.99. The van der Waals surface area contributed by atoms with Gasteiger partial charge in [-0.05, 0) is 30.3 Å². The van der Waals surface area contributed by atoms with Gasteiger partial charge < -0.3 is 25.2 Å². The summed E-state index contributed by atoms with van der Waals surface area (Å²) in [6.07, 6.45) is 1.39. The maximum absolute atomic E-state index is 12.4. The van der Waals surface area contributed by atoms with Gasteiger partial charge in [-0.2, -0.15) is 0 Å². The van der Waals surface area contributed by atoms with Crippen LogP contribution in [-0.4, -0.2) is 67.7 Å². The summed E-state index contributed by atoms with van der Waals surface area (Å²) < 4.78 is 4.54. The van der Waals surface area contributed by atoms with E-state index in [-0.39, 0.29) is 18.9 Å². The van der Waals surface area contributed by atoms with E-state index in [9.17, 15) is 14.4 Å². The van der Waals surface area contributed by atoms with E-state index >= 15 is 0 Å². The lowest BCUT2D eigenvalue weighted by atomic mass is 10.2. The van der Waals surface area contributed by atoms with E-state index in [4.69, 9.17) is 0 Å². The Bertz CT molecular complexity index is 900. The molecule has 1 aliphatic heterocycles. The van der Waals surface area contributed by atoms with Gasteiger partial charge >= 0.3 is 12.1 Å². The zero-order chi connectivity index (χ0) is 22.1. The Morgan fingerprint density at radius 1 is 1.00 bits per heavy atom. The number of anilines is 3. The van der Waals surface area contributed by atoms with Crippen molar-refractivity contribution in [3.05, 3.63) is 48.7 Å². The predicted octanol–water partition coefficient (Wildman–Crippen LogP) is 2.12. The third-order valence-corrected chi connectivity index (χ3v) is 4.78. The molecule has 2 aromatic rings. The van der Waals surface area contributed by atoms with Crippen LogP contribution in [0.1, 0.15) is 6.42 Å². The van der Waals surface area contributed by atoms with Gasteiger partial charge in [0.1, 0.15) is 5.82 Å². The summed E-state index contributed by atoms with van der Waals surface area (Å²) in [6, 6.07) is 12.0. The molecule has 1 aromatic heterocycles. The van der Waals surface area contributed by atoms with E-state index in [0.717, 1.165) is 18.9 Å². The fourth-order valence-electron chi connectivity index (χ4n) is 3.19. The molecule has 2 heterocycles. The summed E-state index contributed by atoms with van der Waals surface area (Å²) in [5, 5.41) is 7.87. The molecular formula is C21H26N6O4. The van der Waals surface area contributed by atoms with Gasteiger partial charge in [0.2, 0.25) is 5.91 Å². The van der Waals surface area contributed by atoms with Gasteiger partial charge in [0.15, 0.2) is 0 Å². The van der Waals surface area contributed by atoms with Crippen LogP contribution in [0.15, 0.2) is 48.7 Å². The average molecular weight is 426 g/mol. The maximum atomic E-state index is 12.4. The number of piperazine rings is 1. The van der Waals surface area contributed by atoms with Gasteiger partial charge in [-0.15, -0.1) is 0 Å². The smallest absolute Gasteiger partial charge is 0.411 e. The SMILES string of the molecule is COC(=O)Nc1cccc(NC(=O)NCCC(=O)N2CCN(c3ccccn3)CC2)c1. The quantitative estimate of drug-likeness (QED) is 0.652. The van der Waals surface area contributed by atoms with E-state index in [0.29, 0.717) is 24.5 Å². The van der Waals surface area contributed by atoms with Crippen LogP contribution in [0.3, 0.4) is 0 Å². The lowest BCUT2D eigenvalue weighted by molar-refractivity contribution is -0.131. The average Bonchev–Trinajstić information content (AvgIpc) is 2.80. The third-order valence-electron chi connectivity index (χ3n) is 4.78. The van der Waals surface area contributed by atoms with Gasteiger partial charge in [0, 0.05) is 56.7 Å². The fraction of sp³-hybridized carbons (Fsp3) is 0.333. The number of urea groups is 1. The molecule has 164 valence electrons. The van der Waals surface area contributed by atoms with Gasteiger partial charge in [0.05, 0.1) is 7.11 Å². The van der Waals surface area contributed by atoms with Crippen molar-refractivity contribution < 1.29 is 19.1 Å². The van der Waals surface area contributed by atoms with Crippen molar-refractivity contribution in [1.29, 1.82) is 0 Å². The maximum Gasteiger partial charge on any atom is 0.411 e. The normalized spacial score (nSPS) is 13.3. The molecule has 3 rings (SSSR count). The van der Waals surface area contributed by atoms with Gasteiger partial charge in [-0.1, -0.05) is 12.1 Å². The Morgan fingerprint density at radius 2 is 1.74 bits per heavy atom. The number of amides is 4. The molecule has 0 atom stereocenters. The van der Waals surface area contributed by atoms with Crippen LogP contribution in [0, 0.1) is 0 Å². The first kappa shape index (κ1) is 21.9. The number of aromatic nitrogens is 1. The standard InChI is InChI=1S/C21H26N6O4/c1-31-21(30)25-17-6-4-5-16(15-17)24-20(29)23-10-8-19(28)27-13-11-26(12-14-27)18-7-2-3-9-22-18/h2-7,9,15H,8,10-14H2,1H3,(H,25,30)(H2,23,24,29). The highest BCUT2D eigenvalue weighted by Gasteiger charge is 2.21. The first-order valence-corrected chi connectivity index (χ1v) is 9.99. The van der Waals surface area contributed by atoms with Crippen LogP contribution < -0.4 is 20.9 Å². The summed E-state index contributed by atoms with van der Waals surface area (Å²) in [5.41, 5.74) is 0.994. The second kappa shape index (κ2) is 10.8. The first-order chi connectivity index (χ1) is 15.0. The molecule has 1 aliphatic rings. The molecule has 10 nitrogen and oxygen atoms in total. The zero-order valence-corrected chi connectivity index (χ0v) is 17.3. The van der Waals surface area contributed by atoms with Crippen molar-refractivity contribution in [2.45, 2.75) is 6.42 Å². The van der Waals surface area contributed by atoms with Gasteiger partial charge in [0.25, 0.3) is 0 Å². The summed E-state index contributed by atoms with van der Waals surface area (Å²) in [5.74, 6) is 0.920. The number of hydrogen-bond acceptors (Lipinski definition) is 6. The minimum Gasteiger partial charge on any atom is -0.453 e. The molecule has 1 aromatic carbocycles. The number of nitrogens with zero attached hydrogens (tertiary/aromatic N) is 3. The van der Waals surface area contributed by atoms with Gasteiger partial charge in [-0.25, -0.2) is 14.6 Å². The number of nitrogens with one attached hydrogen (secondary N) is 3. The molecule has 0 spiro atoms. The molecule has 0 aliphatic carbocycles. The van der Waals surface area contributed by atoms with E-state index in [1.54, 1.807) is 35.4 Å². The Balaban J connectivity index is 1.37. The highest BCUT2D eigenvalue weighted by atomic mass is 16.5. The minimum atomic E-state index is -0.596. The predicted molar refractivity (Wildman–Crippen MR) is 117 cm³/mol. The lowest BCUT2D eigenvalue weighted by Crippen LogP contribution is -2.49. The third kappa shape index (κ3) is 6.59. The Morgan fingerprint density at radius 3 is 2.42 bits per heavy atom. The monoisotopic (exact) mass is 426 g/mol. The molecule has 0 bridgehead atoms. The van der Waals surface area contributed by atoms with Crippen molar-refractivity contribution in [1.82, 2.24) is 15.2 Å². The summed E-state index contributed by atoms with van der Waals surface area (Å²) in [6.45, 7) is 2.94. The van der Waals surface area contributed by atoms with Gasteiger partial charge in [-0.3, -0.25) is 10.1 Å². The topological polar surface area (TPSA) is 116 Å². The Kier molecular flexibility index (Phi) is 7.63. The number of carbonyl (C=O) groups is 3. The number of pyridine rings is 1. The molecule has 0 saturated carbocycles. The number of benzene rings is 1. The molecule has 31 heavy (non-hydrogen) atoms. The van der Waals surface area contributed by atoms with Crippen LogP contribution in [0.5, 0.6) is 0 Å².